The molecular formula is C28H29BrClFN2O4. The van der Waals surface area contributed by atoms with Gasteiger partial charge in [-0.25, -0.2) is 4.39 Å². The van der Waals surface area contributed by atoms with Crippen LogP contribution < -0.4 is 15.8 Å². The van der Waals surface area contributed by atoms with Crippen molar-refractivity contribution < 1.29 is 24.1 Å². The third kappa shape index (κ3) is 7.09. The lowest BCUT2D eigenvalue weighted by atomic mass is 9.88. The number of aliphatic hydroxyl groups is 2. The molecule has 0 aliphatic carbocycles. The van der Waals surface area contributed by atoms with E-state index in [-0.39, 0.29) is 19.4 Å². The van der Waals surface area contributed by atoms with E-state index < -0.39 is 41.9 Å². The summed E-state index contributed by atoms with van der Waals surface area (Å²) >= 11 is 9.55. The van der Waals surface area contributed by atoms with Gasteiger partial charge in [0.1, 0.15) is 24.3 Å². The summed E-state index contributed by atoms with van der Waals surface area (Å²) < 4.78 is 21.0. The third-order valence-electron chi connectivity index (χ3n) is 6.60. The van der Waals surface area contributed by atoms with E-state index in [0.717, 1.165) is 10.0 Å². The number of carbonyl (C=O) groups excluding carboxylic acids is 1. The van der Waals surface area contributed by atoms with E-state index >= 15 is 0 Å². The summed E-state index contributed by atoms with van der Waals surface area (Å²) in [5.41, 5.74) is 8.16. The third-order valence-corrected chi connectivity index (χ3v) is 7.36. The molecule has 6 nitrogen and oxygen atoms in total. The first-order chi connectivity index (χ1) is 17.7. The Morgan fingerprint density at radius 3 is 2.62 bits per heavy atom. The van der Waals surface area contributed by atoms with Gasteiger partial charge in [-0.2, -0.15) is 0 Å². The molecule has 9 heteroatoms. The van der Waals surface area contributed by atoms with Crippen LogP contribution in [0.5, 0.6) is 5.75 Å². The van der Waals surface area contributed by atoms with Crippen LogP contribution in [0.15, 0.2) is 71.2 Å². The van der Waals surface area contributed by atoms with E-state index in [9.17, 15) is 19.4 Å². The van der Waals surface area contributed by atoms with Gasteiger partial charge in [-0.05, 0) is 66.8 Å². The molecule has 196 valence electrons. The predicted molar refractivity (Wildman–Crippen MR) is 144 cm³/mol. The summed E-state index contributed by atoms with van der Waals surface area (Å²) in [4.78, 5) is 13.5. The number of nitrogens with two attached hydrogens (primary N) is 1. The van der Waals surface area contributed by atoms with Crippen LogP contribution in [0.2, 0.25) is 5.02 Å². The van der Waals surface area contributed by atoms with E-state index in [1.807, 2.05) is 24.3 Å². The zero-order valence-corrected chi connectivity index (χ0v) is 22.3. The minimum atomic E-state index is -1.02. The minimum Gasteiger partial charge on any atom is -0.490 e. The molecule has 0 aromatic heterocycles. The molecule has 1 aliphatic rings. The van der Waals surface area contributed by atoms with Crippen LogP contribution in [-0.2, 0) is 17.6 Å². The second kappa shape index (κ2) is 12.4. The zero-order valence-electron chi connectivity index (χ0n) is 20.0. The average molecular weight is 592 g/mol. The molecular weight excluding hydrogens is 563 g/mol. The molecule has 0 unspecified atom stereocenters. The van der Waals surface area contributed by atoms with Crippen molar-refractivity contribution in [2.24, 2.45) is 11.7 Å². The first-order valence-corrected chi connectivity index (χ1v) is 13.2. The van der Waals surface area contributed by atoms with E-state index in [2.05, 4.69) is 21.2 Å². The summed E-state index contributed by atoms with van der Waals surface area (Å²) in [6, 6.07) is 17.4. The molecule has 1 amide bonds. The Labute approximate surface area is 228 Å². The van der Waals surface area contributed by atoms with Crippen LogP contribution in [0.4, 0.5) is 4.39 Å². The second-order valence-corrected chi connectivity index (χ2v) is 10.7. The van der Waals surface area contributed by atoms with Crippen LogP contribution in [0.1, 0.15) is 29.2 Å². The van der Waals surface area contributed by atoms with Crippen molar-refractivity contribution in [1.29, 1.82) is 0 Å². The minimum absolute atomic E-state index is 0.00174. The monoisotopic (exact) mass is 590 g/mol. The predicted octanol–water partition coefficient (Wildman–Crippen LogP) is 4.33. The highest BCUT2D eigenvalue weighted by atomic mass is 79.9. The van der Waals surface area contributed by atoms with E-state index in [1.165, 1.54) is 6.07 Å². The van der Waals surface area contributed by atoms with Gasteiger partial charge in [0.2, 0.25) is 5.91 Å². The molecule has 0 fully saturated rings. The van der Waals surface area contributed by atoms with E-state index in [0.29, 0.717) is 28.3 Å². The molecule has 5 atom stereocenters. The molecule has 0 radical (unpaired) electrons. The number of rotatable bonds is 9. The standard InChI is InChI=1S/C28H29BrClFN2O4/c29-19-7-5-16(6-8-19)11-23(32)24(34)13-18(12-17-3-1-2-4-22(17)31)28(36)33-27-21-14-20(30)9-10-26(21)37-15-25(27)35/h1-10,14,18,23-25,27,34-35H,11-13,15,32H2,(H,33,36)/t18-,23+,24+,25-,27+/m1/s1. The van der Waals surface area contributed by atoms with Crippen molar-refractivity contribution in [3.8, 4) is 5.75 Å². The average Bonchev–Trinajstić information content (AvgIpc) is 2.87. The smallest absolute Gasteiger partial charge is 0.224 e. The van der Waals surface area contributed by atoms with Crippen LogP contribution in [0.3, 0.4) is 0 Å². The molecule has 1 heterocycles. The molecule has 37 heavy (non-hydrogen) atoms. The Kier molecular flexibility index (Phi) is 9.21. The first kappa shape index (κ1) is 27.5. The van der Waals surface area contributed by atoms with E-state index in [1.54, 1.807) is 36.4 Å². The van der Waals surface area contributed by atoms with Gasteiger partial charge in [0.25, 0.3) is 0 Å². The highest BCUT2D eigenvalue weighted by Crippen LogP contribution is 2.35. The Morgan fingerprint density at radius 1 is 1.16 bits per heavy atom. The summed E-state index contributed by atoms with van der Waals surface area (Å²) in [5, 5.41) is 24.9. The Hall–Kier alpha value is -2.49. The maximum absolute atomic E-state index is 14.5. The summed E-state index contributed by atoms with van der Waals surface area (Å²) in [5.74, 6) is -1.16. The molecule has 1 aliphatic heterocycles. The van der Waals surface area contributed by atoms with Gasteiger partial charge in [0.05, 0.1) is 12.1 Å². The number of hydrogen-bond acceptors (Lipinski definition) is 5. The molecule has 0 saturated heterocycles. The largest absolute Gasteiger partial charge is 0.490 e. The first-order valence-electron chi connectivity index (χ1n) is 12.0. The van der Waals surface area contributed by atoms with Gasteiger partial charge in [-0.15, -0.1) is 0 Å². The quantitative estimate of drug-likeness (QED) is 0.297. The zero-order chi connectivity index (χ0) is 26.5. The second-order valence-electron chi connectivity index (χ2n) is 9.34. The van der Waals surface area contributed by atoms with Crippen molar-refractivity contribution in [2.75, 3.05) is 6.61 Å². The fourth-order valence-corrected chi connectivity index (χ4v) is 4.97. The van der Waals surface area contributed by atoms with Crippen molar-refractivity contribution in [1.82, 2.24) is 5.32 Å². The number of ether oxygens (including phenoxy) is 1. The Bertz CT molecular complexity index is 1230. The fourth-order valence-electron chi connectivity index (χ4n) is 4.52. The summed E-state index contributed by atoms with van der Waals surface area (Å²) in [6.07, 6.45) is -1.55. The Balaban J connectivity index is 1.53. The normalized spacial score (nSPS) is 19.3. The fraction of sp³-hybridized carbons (Fsp3) is 0.321. The van der Waals surface area contributed by atoms with Crippen LogP contribution in [0, 0.1) is 11.7 Å². The molecule has 3 aromatic carbocycles. The highest BCUT2D eigenvalue weighted by Gasteiger charge is 2.34. The molecule has 0 spiro atoms. The van der Waals surface area contributed by atoms with Crippen molar-refractivity contribution in [2.45, 2.75) is 43.6 Å². The molecule has 0 saturated carbocycles. The van der Waals surface area contributed by atoms with Gasteiger partial charge in [-0.3, -0.25) is 4.79 Å². The number of benzene rings is 3. The number of aliphatic hydroxyl groups excluding tert-OH is 2. The molecule has 5 N–H and O–H groups in total. The number of amides is 1. The van der Waals surface area contributed by atoms with Crippen molar-refractivity contribution >= 4 is 33.4 Å². The highest BCUT2D eigenvalue weighted by molar-refractivity contribution is 9.10. The maximum atomic E-state index is 14.5. The van der Waals surface area contributed by atoms with Crippen molar-refractivity contribution in [3.63, 3.8) is 0 Å². The van der Waals surface area contributed by atoms with Crippen molar-refractivity contribution in [3.05, 3.63) is 98.7 Å². The van der Waals surface area contributed by atoms with Gasteiger partial charge in [0, 0.05) is 27.0 Å². The maximum Gasteiger partial charge on any atom is 0.224 e. The van der Waals surface area contributed by atoms with Crippen LogP contribution >= 0.6 is 27.5 Å². The van der Waals surface area contributed by atoms with Gasteiger partial charge >= 0.3 is 0 Å². The Morgan fingerprint density at radius 2 is 1.89 bits per heavy atom. The number of carbonyl (C=O) groups is 1. The SMILES string of the molecule is N[C@@H](Cc1ccc(Br)cc1)[C@@H](O)C[C@@H](Cc1ccccc1F)C(=O)N[C@H]1c2cc(Cl)ccc2OC[C@H]1O. The lowest BCUT2D eigenvalue weighted by molar-refractivity contribution is -0.128. The lowest BCUT2D eigenvalue weighted by Gasteiger charge is -2.33. The van der Waals surface area contributed by atoms with Gasteiger partial charge < -0.3 is 26.0 Å². The number of fused-ring (bicyclic) bond motifs is 1. The topological polar surface area (TPSA) is 105 Å². The van der Waals surface area contributed by atoms with Crippen LogP contribution in [0.25, 0.3) is 0 Å². The number of hydrogen-bond donors (Lipinski definition) is 4. The molecule has 4 rings (SSSR count). The number of nitrogens with one attached hydrogen (secondary N) is 1. The molecule has 3 aromatic rings. The lowest BCUT2D eigenvalue weighted by Crippen LogP contribution is -2.46. The molecule has 0 bridgehead atoms. The summed E-state index contributed by atoms with van der Waals surface area (Å²) in [6.45, 7) is -0.00174. The van der Waals surface area contributed by atoms with Crippen LogP contribution in [-0.4, -0.2) is 41.0 Å². The summed E-state index contributed by atoms with van der Waals surface area (Å²) in [7, 11) is 0. The number of halogens is 3. The van der Waals surface area contributed by atoms with Gasteiger partial charge in [0.15, 0.2) is 0 Å². The van der Waals surface area contributed by atoms with Gasteiger partial charge in [-0.1, -0.05) is 57.9 Å². The van der Waals surface area contributed by atoms with E-state index in [4.69, 9.17) is 22.1 Å².